The van der Waals surface area contributed by atoms with Gasteiger partial charge in [0.1, 0.15) is 6.54 Å². The number of rotatable bonds is 6. The van der Waals surface area contributed by atoms with Crippen molar-refractivity contribution in [2.24, 2.45) is 0 Å². The molecule has 0 aliphatic carbocycles. The van der Waals surface area contributed by atoms with Crippen LogP contribution in [0.1, 0.15) is 18.0 Å². The molecule has 0 aliphatic rings. The van der Waals surface area contributed by atoms with Gasteiger partial charge in [-0.3, -0.25) is 0 Å². The lowest BCUT2D eigenvalue weighted by Gasteiger charge is -1.93. The van der Waals surface area contributed by atoms with Gasteiger partial charge in [-0.1, -0.05) is 5.21 Å². The summed E-state index contributed by atoms with van der Waals surface area (Å²) in [5.41, 5.74) is 0.839. The number of aliphatic hydroxyl groups is 1. The van der Waals surface area contributed by atoms with E-state index in [2.05, 4.69) is 36.4 Å². The van der Waals surface area contributed by atoms with Gasteiger partial charge in [0.05, 0.1) is 14.4 Å². The Morgan fingerprint density at radius 2 is 2.19 bits per heavy atom. The Bertz CT molecular complexity index is 723. The van der Waals surface area contributed by atoms with E-state index in [1.165, 1.54) is 11.3 Å². The highest BCUT2D eigenvalue weighted by Crippen LogP contribution is 2.30. The third-order valence-electron chi connectivity index (χ3n) is 2.73. The number of nitrogens with zero attached hydrogens (tertiary/aromatic N) is 5. The second-order valence-corrected chi connectivity index (χ2v) is 6.80. The predicted octanol–water partition coefficient (Wildman–Crippen LogP) is 2.13. The molecule has 0 aromatic carbocycles. The van der Waals surface area contributed by atoms with Crippen molar-refractivity contribution in [3.8, 4) is 10.8 Å². The summed E-state index contributed by atoms with van der Waals surface area (Å²) in [7, 11) is 0. The van der Waals surface area contributed by atoms with Gasteiger partial charge in [-0.05, 0) is 40.9 Å². The van der Waals surface area contributed by atoms with Crippen LogP contribution in [0.15, 0.2) is 26.5 Å². The van der Waals surface area contributed by atoms with Crippen molar-refractivity contribution in [3.05, 3.63) is 33.7 Å². The number of aromatic nitrogens is 5. The zero-order valence-corrected chi connectivity index (χ0v) is 13.3. The van der Waals surface area contributed by atoms with Crippen molar-refractivity contribution in [1.29, 1.82) is 0 Å². The van der Waals surface area contributed by atoms with Gasteiger partial charge < -0.3 is 9.52 Å². The molecule has 0 saturated carbocycles. The minimum Gasteiger partial charge on any atom is -0.418 e. The van der Waals surface area contributed by atoms with Crippen LogP contribution in [0, 0.1) is 0 Å². The molecular weight excluding hydrogens is 358 g/mol. The van der Waals surface area contributed by atoms with Gasteiger partial charge >= 0.3 is 0 Å². The average molecular weight is 370 g/mol. The number of aliphatic hydroxyl groups excluding tert-OH is 1. The van der Waals surface area contributed by atoms with Crippen molar-refractivity contribution in [2.75, 3.05) is 6.61 Å². The van der Waals surface area contributed by atoms with Crippen molar-refractivity contribution >= 4 is 27.3 Å². The molecule has 0 bridgehead atoms. The fraction of sp³-hybridized carbons (Fsp3) is 0.333. The van der Waals surface area contributed by atoms with E-state index in [9.17, 15) is 0 Å². The summed E-state index contributed by atoms with van der Waals surface area (Å²) in [6.45, 7) is 0.530. The van der Waals surface area contributed by atoms with Crippen LogP contribution in [-0.4, -0.2) is 36.9 Å². The molecule has 3 aromatic rings. The summed E-state index contributed by atoms with van der Waals surface area (Å²) >= 11 is 4.94. The van der Waals surface area contributed by atoms with Crippen LogP contribution in [0.2, 0.25) is 0 Å². The standard InChI is InChI=1S/C12H12BrN5O2S/c13-10-4-3-9(21-10)12-16-15-11(20-12)7-18-6-8(14-17-18)2-1-5-19/h3-4,6,19H,1-2,5,7H2. The van der Waals surface area contributed by atoms with Crippen LogP contribution in [0.25, 0.3) is 10.8 Å². The van der Waals surface area contributed by atoms with Gasteiger partial charge in [-0.2, -0.15) is 0 Å². The number of aryl methyl sites for hydroxylation is 1. The summed E-state index contributed by atoms with van der Waals surface area (Å²) in [6.07, 6.45) is 3.20. The second kappa shape index (κ2) is 6.46. The normalized spacial score (nSPS) is 11.1. The van der Waals surface area contributed by atoms with Gasteiger partial charge in [0.15, 0.2) is 0 Å². The molecule has 0 aliphatic heterocycles. The molecule has 0 atom stereocenters. The van der Waals surface area contributed by atoms with E-state index in [1.807, 2.05) is 18.3 Å². The Hall–Kier alpha value is -1.58. The molecule has 0 unspecified atom stereocenters. The van der Waals surface area contributed by atoms with E-state index in [4.69, 9.17) is 9.52 Å². The van der Waals surface area contributed by atoms with E-state index < -0.39 is 0 Å². The van der Waals surface area contributed by atoms with Gasteiger partial charge in [0.2, 0.25) is 5.89 Å². The van der Waals surface area contributed by atoms with Crippen LogP contribution >= 0.6 is 27.3 Å². The van der Waals surface area contributed by atoms with Crippen LogP contribution in [0.5, 0.6) is 0 Å². The molecule has 0 spiro atoms. The number of hydrogen-bond acceptors (Lipinski definition) is 7. The summed E-state index contributed by atoms with van der Waals surface area (Å²) in [5.74, 6) is 0.981. The van der Waals surface area contributed by atoms with Gasteiger partial charge in [0.25, 0.3) is 5.89 Å². The minimum absolute atomic E-state index is 0.149. The third-order valence-corrected chi connectivity index (χ3v) is 4.34. The van der Waals surface area contributed by atoms with Crippen LogP contribution < -0.4 is 0 Å². The molecule has 3 rings (SSSR count). The van der Waals surface area contributed by atoms with E-state index in [1.54, 1.807) is 4.68 Å². The summed E-state index contributed by atoms with van der Waals surface area (Å²) in [6, 6.07) is 3.86. The van der Waals surface area contributed by atoms with Crippen LogP contribution in [0.3, 0.4) is 0 Å². The molecule has 0 fully saturated rings. The minimum atomic E-state index is 0.149. The Balaban J connectivity index is 1.68. The molecule has 3 aromatic heterocycles. The quantitative estimate of drug-likeness (QED) is 0.715. The van der Waals surface area contributed by atoms with Gasteiger partial charge in [0, 0.05) is 12.8 Å². The zero-order valence-electron chi connectivity index (χ0n) is 10.9. The molecule has 7 nitrogen and oxygen atoms in total. The molecule has 0 saturated heterocycles. The first kappa shape index (κ1) is 14.4. The predicted molar refractivity (Wildman–Crippen MR) is 79.8 cm³/mol. The molecule has 21 heavy (non-hydrogen) atoms. The maximum Gasteiger partial charge on any atom is 0.257 e. The fourth-order valence-corrected chi connectivity index (χ4v) is 3.08. The Labute approximate surface area is 132 Å². The average Bonchev–Trinajstić information content (AvgIpc) is 3.18. The summed E-state index contributed by atoms with van der Waals surface area (Å²) in [5, 5.41) is 24.9. The molecule has 1 N–H and O–H groups in total. The number of thiophene rings is 1. The molecular formula is C12H12BrN5O2S. The van der Waals surface area contributed by atoms with E-state index in [0.717, 1.165) is 14.4 Å². The Kier molecular flexibility index (Phi) is 4.42. The monoisotopic (exact) mass is 369 g/mol. The Morgan fingerprint density at radius 1 is 1.29 bits per heavy atom. The first-order chi connectivity index (χ1) is 10.2. The summed E-state index contributed by atoms with van der Waals surface area (Å²) < 4.78 is 8.28. The zero-order chi connectivity index (χ0) is 14.7. The van der Waals surface area contributed by atoms with Crippen molar-refractivity contribution in [2.45, 2.75) is 19.4 Å². The summed E-state index contributed by atoms with van der Waals surface area (Å²) in [4.78, 5) is 0.919. The lowest BCUT2D eigenvalue weighted by molar-refractivity contribution is 0.288. The topological polar surface area (TPSA) is 89.9 Å². The third kappa shape index (κ3) is 3.55. The maximum atomic E-state index is 8.79. The largest absolute Gasteiger partial charge is 0.418 e. The van der Waals surface area contributed by atoms with E-state index in [-0.39, 0.29) is 6.61 Å². The number of halogens is 1. The highest BCUT2D eigenvalue weighted by atomic mass is 79.9. The lowest BCUT2D eigenvalue weighted by Crippen LogP contribution is -2.00. The molecule has 110 valence electrons. The second-order valence-electron chi connectivity index (χ2n) is 4.34. The van der Waals surface area contributed by atoms with E-state index in [0.29, 0.717) is 31.2 Å². The van der Waals surface area contributed by atoms with Crippen molar-refractivity contribution in [1.82, 2.24) is 25.2 Å². The Morgan fingerprint density at radius 3 is 2.95 bits per heavy atom. The molecule has 0 radical (unpaired) electrons. The first-order valence-corrected chi connectivity index (χ1v) is 7.93. The highest BCUT2D eigenvalue weighted by molar-refractivity contribution is 9.11. The fourth-order valence-electron chi connectivity index (χ4n) is 1.78. The highest BCUT2D eigenvalue weighted by Gasteiger charge is 2.12. The smallest absolute Gasteiger partial charge is 0.257 e. The first-order valence-electron chi connectivity index (χ1n) is 6.32. The van der Waals surface area contributed by atoms with Crippen LogP contribution in [-0.2, 0) is 13.0 Å². The maximum absolute atomic E-state index is 8.79. The SMILES string of the molecule is OCCCc1cn(Cc2nnc(-c3ccc(Br)s3)o2)nn1. The molecule has 9 heteroatoms. The van der Waals surface area contributed by atoms with Crippen molar-refractivity contribution in [3.63, 3.8) is 0 Å². The molecule has 3 heterocycles. The van der Waals surface area contributed by atoms with Crippen LogP contribution in [0.4, 0.5) is 0 Å². The number of hydrogen-bond donors (Lipinski definition) is 1. The van der Waals surface area contributed by atoms with Gasteiger partial charge in [-0.25, -0.2) is 4.68 Å². The van der Waals surface area contributed by atoms with Gasteiger partial charge in [-0.15, -0.1) is 26.6 Å². The van der Waals surface area contributed by atoms with Crippen molar-refractivity contribution < 1.29 is 9.52 Å². The lowest BCUT2D eigenvalue weighted by atomic mass is 10.3. The molecule has 0 amide bonds. The van der Waals surface area contributed by atoms with E-state index >= 15 is 0 Å².